The van der Waals surface area contributed by atoms with Crippen molar-refractivity contribution in [1.29, 1.82) is 0 Å². The molecule has 2 atom stereocenters. The van der Waals surface area contributed by atoms with Gasteiger partial charge in [0.15, 0.2) is 0 Å². The van der Waals surface area contributed by atoms with Crippen LogP contribution in [0.5, 0.6) is 5.75 Å². The highest BCUT2D eigenvalue weighted by Crippen LogP contribution is 2.36. The van der Waals surface area contributed by atoms with Crippen LogP contribution in [0, 0.1) is 0 Å². The number of fused-ring (bicyclic) bond motifs is 1. The van der Waals surface area contributed by atoms with E-state index in [1.807, 2.05) is 30.3 Å². The van der Waals surface area contributed by atoms with Crippen molar-refractivity contribution in [2.75, 3.05) is 51.9 Å². The summed E-state index contributed by atoms with van der Waals surface area (Å²) in [5.41, 5.74) is 1.76. The van der Waals surface area contributed by atoms with Crippen molar-refractivity contribution >= 4 is 46.1 Å². The number of aromatic nitrogens is 2. The summed E-state index contributed by atoms with van der Waals surface area (Å²) in [5.74, 6) is 1.74. The molecule has 5 aromatic rings. The maximum atomic E-state index is 12.9. The molecule has 1 aliphatic heterocycles. The quantitative estimate of drug-likeness (QED) is 0.111. The first kappa shape index (κ1) is 36.0. The van der Waals surface area contributed by atoms with Gasteiger partial charge in [0, 0.05) is 25.3 Å². The van der Waals surface area contributed by atoms with Crippen molar-refractivity contribution in [3.63, 3.8) is 0 Å². The van der Waals surface area contributed by atoms with E-state index in [0.717, 1.165) is 25.3 Å². The number of anilines is 1. The number of likely N-dealkylation sites (N-methyl/N-ethyl adjacent to an activating group) is 1. The maximum Gasteiger partial charge on any atom is 0.274 e. The van der Waals surface area contributed by atoms with Crippen LogP contribution in [-0.2, 0) is 9.16 Å². The highest BCUT2D eigenvalue weighted by atomic mass is 79.9. The van der Waals surface area contributed by atoms with Gasteiger partial charge in [-0.15, -0.1) is 0 Å². The van der Waals surface area contributed by atoms with Crippen LogP contribution in [0.3, 0.4) is 0 Å². The summed E-state index contributed by atoms with van der Waals surface area (Å²) in [4.78, 5) is 19.9. The number of rotatable bonds is 13. The Morgan fingerprint density at radius 1 is 0.840 bits per heavy atom. The molecule has 6 rings (SSSR count). The highest BCUT2D eigenvalue weighted by molar-refractivity contribution is 9.10. The van der Waals surface area contributed by atoms with Gasteiger partial charge in [-0.3, -0.25) is 9.20 Å². The van der Waals surface area contributed by atoms with Gasteiger partial charge in [0.1, 0.15) is 28.3 Å². The molecule has 0 unspecified atom stereocenters. The predicted molar refractivity (Wildman–Crippen MR) is 208 cm³/mol. The van der Waals surface area contributed by atoms with E-state index in [2.05, 4.69) is 127 Å². The average molecular weight is 756 g/mol. The Labute approximate surface area is 304 Å². The minimum atomic E-state index is -2.57. The van der Waals surface area contributed by atoms with Gasteiger partial charge in [0.2, 0.25) is 0 Å². The Balaban J connectivity index is 0.997. The molecule has 0 radical (unpaired) electrons. The third kappa shape index (κ3) is 8.05. The van der Waals surface area contributed by atoms with Gasteiger partial charge in [-0.2, -0.15) is 0 Å². The van der Waals surface area contributed by atoms with Crippen LogP contribution in [0.1, 0.15) is 38.7 Å². The minimum absolute atomic E-state index is 0.0675. The standard InChI is InChI=1S/C40H47BrN4O4Si/c1-40(2,3)50(34-13-7-5-8-14-34,35-15-9-6-10-16-35)49-26-24-47-23-25-48-33-20-18-30(19-21-33)31-27-32(29-44(4)28-31)42-38-37(41)39(46)45-22-12-11-17-36(45)43-38/h5-22,31-32,42H,23-29H2,1-4H3/t31-,32+/m0/s1. The number of pyridine rings is 1. The van der Waals surface area contributed by atoms with Crippen LogP contribution >= 0.6 is 15.9 Å². The van der Waals surface area contributed by atoms with Gasteiger partial charge in [-0.1, -0.05) is 99.6 Å². The number of hydrogen-bond donors (Lipinski definition) is 1. The van der Waals surface area contributed by atoms with Crippen LogP contribution in [0.25, 0.3) is 5.65 Å². The Bertz CT molecular complexity index is 1860. The summed E-state index contributed by atoms with van der Waals surface area (Å²) in [7, 11) is -0.436. The Kier molecular flexibility index (Phi) is 11.5. The number of nitrogens with one attached hydrogen (secondary N) is 1. The number of likely N-dealkylation sites (tertiary alicyclic amines) is 1. The molecule has 8 nitrogen and oxygen atoms in total. The van der Waals surface area contributed by atoms with Gasteiger partial charge in [-0.25, -0.2) is 4.98 Å². The fourth-order valence-corrected chi connectivity index (χ4v) is 12.1. The molecule has 2 aromatic heterocycles. The van der Waals surface area contributed by atoms with E-state index in [4.69, 9.17) is 18.9 Å². The third-order valence-electron chi connectivity index (χ3n) is 9.46. The van der Waals surface area contributed by atoms with Gasteiger partial charge in [0.25, 0.3) is 13.9 Å². The zero-order chi connectivity index (χ0) is 35.1. The second-order valence-electron chi connectivity index (χ2n) is 14.0. The summed E-state index contributed by atoms with van der Waals surface area (Å²) in [5, 5.41) is 6.01. The molecule has 0 amide bonds. The first-order valence-electron chi connectivity index (χ1n) is 17.3. The number of halogens is 1. The second kappa shape index (κ2) is 16.0. The molecule has 50 heavy (non-hydrogen) atoms. The highest BCUT2D eigenvalue weighted by Gasteiger charge is 2.50. The van der Waals surface area contributed by atoms with Crippen molar-refractivity contribution in [2.45, 2.75) is 44.2 Å². The first-order chi connectivity index (χ1) is 24.2. The van der Waals surface area contributed by atoms with E-state index in [9.17, 15) is 4.79 Å². The molecule has 3 aromatic carbocycles. The number of ether oxygens (including phenoxy) is 2. The molecule has 1 aliphatic rings. The van der Waals surface area contributed by atoms with Gasteiger partial charge < -0.3 is 24.1 Å². The first-order valence-corrected chi connectivity index (χ1v) is 20.0. The molecular formula is C40H47BrN4O4Si. The summed E-state index contributed by atoms with van der Waals surface area (Å²) in [6.45, 7) is 10.6. The molecule has 0 spiro atoms. The molecule has 1 N–H and O–H groups in total. The fraction of sp³-hybridized carbons (Fsp3) is 0.350. The van der Waals surface area contributed by atoms with Crippen molar-refractivity contribution in [1.82, 2.24) is 14.3 Å². The smallest absolute Gasteiger partial charge is 0.274 e. The largest absolute Gasteiger partial charge is 0.491 e. The summed E-state index contributed by atoms with van der Waals surface area (Å²) in [6, 6.07) is 35.5. The van der Waals surface area contributed by atoms with E-state index in [0.29, 0.717) is 48.3 Å². The summed E-state index contributed by atoms with van der Waals surface area (Å²) >= 11 is 3.48. The number of piperidine rings is 1. The fourth-order valence-electron chi connectivity index (χ4n) is 7.19. The van der Waals surface area contributed by atoms with E-state index in [1.165, 1.54) is 15.9 Å². The lowest BCUT2D eigenvalue weighted by molar-refractivity contribution is 0.0741. The Morgan fingerprint density at radius 3 is 2.14 bits per heavy atom. The lowest BCUT2D eigenvalue weighted by Gasteiger charge is -2.43. The lowest BCUT2D eigenvalue weighted by Crippen LogP contribution is -2.66. The topological polar surface area (TPSA) is 77.3 Å². The number of nitrogens with zero attached hydrogens (tertiary/aromatic N) is 3. The zero-order valence-electron chi connectivity index (χ0n) is 29.3. The van der Waals surface area contributed by atoms with Crippen LogP contribution in [0.2, 0.25) is 5.04 Å². The van der Waals surface area contributed by atoms with E-state index < -0.39 is 8.32 Å². The van der Waals surface area contributed by atoms with Gasteiger partial charge in [-0.05, 0) is 80.6 Å². The molecule has 0 bridgehead atoms. The van der Waals surface area contributed by atoms with Gasteiger partial charge in [0.05, 0.1) is 19.8 Å². The molecule has 10 heteroatoms. The SMILES string of the molecule is CN1C[C@H](Nc2nc3ccccn3c(=O)c2Br)C[C@H](c2ccc(OCCOCCO[Si](c3ccccc3)(c3ccccc3)C(C)(C)C)cc2)C1. The normalized spacial score (nSPS) is 17.1. The molecule has 1 saturated heterocycles. The molecule has 3 heterocycles. The second-order valence-corrected chi connectivity index (χ2v) is 19.1. The zero-order valence-corrected chi connectivity index (χ0v) is 31.9. The van der Waals surface area contributed by atoms with Crippen LogP contribution in [-0.4, -0.2) is 75.2 Å². The lowest BCUT2D eigenvalue weighted by atomic mass is 9.88. The maximum absolute atomic E-state index is 12.9. The number of hydrogen-bond acceptors (Lipinski definition) is 7. The summed E-state index contributed by atoms with van der Waals surface area (Å²) < 4.78 is 21.0. The molecule has 262 valence electrons. The van der Waals surface area contributed by atoms with Crippen molar-refractivity contribution < 1.29 is 13.9 Å². The predicted octanol–water partition coefficient (Wildman–Crippen LogP) is 6.33. The van der Waals surface area contributed by atoms with Crippen LogP contribution in [0.15, 0.2) is 119 Å². The Hall–Kier alpha value is -3.80. The minimum Gasteiger partial charge on any atom is -0.491 e. The monoisotopic (exact) mass is 754 g/mol. The van der Waals surface area contributed by atoms with Crippen molar-refractivity contribution in [3.8, 4) is 5.75 Å². The Morgan fingerprint density at radius 2 is 1.48 bits per heavy atom. The van der Waals surface area contributed by atoms with Crippen LogP contribution in [0.4, 0.5) is 5.82 Å². The van der Waals surface area contributed by atoms with E-state index >= 15 is 0 Å². The van der Waals surface area contributed by atoms with Crippen LogP contribution < -0.4 is 26.0 Å². The summed E-state index contributed by atoms with van der Waals surface area (Å²) in [6.07, 6.45) is 2.66. The molecule has 1 fully saturated rings. The van der Waals surface area contributed by atoms with Crippen molar-refractivity contribution in [2.24, 2.45) is 0 Å². The van der Waals surface area contributed by atoms with Gasteiger partial charge >= 0.3 is 0 Å². The third-order valence-corrected chi connectivity index (χ3v) is 15.2. The average Bonchev–Trinajstić information content (AvgIpc) is 3.12. The molecule has 0 saturated carbocycles. The molecule has 0 aliphatic carbocycles. The molecular weight excluding hydrogens is 708 g/mol. The van der Waals surface area contributed by atoms with Crippen molar-refractivity contribution in [3.05, 3.63) is 130 Å². The number of benzene rings is 3. The van der Waals surface area contributed by atoms with E-state index in [1.54, 1.807) is 10.6 Å². The van der Waals surface area contributed by atoms with E-state index in [-0.39, 0.29) is 16.6 Å².